The minimum absolute atomic E-state index is 0. The Labute approximate surface area is 218 Å². The van der Waals surface area contributed by atoms with Crippen LogP contribution in [0.5, 0.6) is 0 Å². The van der Waals surface area contributed by atoms with Gasteiger partial charge in [-0.25, -0.2) is 4.68 Å². The van der Waals surface area contributed by atoms with Crippen LogP contribution in [0.2, 0.25) is 0 Å². The van der Waals surface area contributed by atoms with E-state index >= 15 is 0 Å². The van der Waals surface area contributed by atoms with Crippen molar-refractivity contribution >= 4 is 12.0 Å². The Morgan fingerprint density at radius 2 is 1.72 bits per heavy atom. The third-order valence-corrected chi connectivity index (χ3v) is 5.16. The second kappa shape index (κ2) is 14.1. The van der Waals surface area contributed by atoms with Crippen LogP contribution in [-0.4, -0.2) is 21.4 Å². The second-order valence-electron chi connectivity index (χ2n) is 7.79. The van der Waals surface area contributed by atoms with E-state index in [2.05, 4.69) is 77.7 Å². The first-order valence-electron chi connectivity index (χ1n) is 10.4. The van der Waals surface area contributed by atoms with Crippen molar-refractivity contribution in [2.24, 2.45) is 5.41 Å². The first kappa shape index (κ1) is 29.8. The summed E-state index contributed by atoms with van der Waals surface area (Å²) in [5.41, 5.74) is 7.95. The monoisotopic (exact) mass is 507 g/mol. The summed E-state index contributed by atoms with van der Waals surface area (Å²) in [4.78, 5) is 8.24. The van der Waals surface area contributed by atoms with Gasteiger partial charge >= 0.3 is 0 Å². The molecule has 1 N–H and O–H groups in total. The second-order valence-corrected chi connectivity index (χ2v) is 7.79. The molecule has 0 bridgehead atoms. The number of benzene rings is 2. The quantitative estimate of drug-likeness (QED) is 0.397. The average molecular weight is 507 g/mol. The van der Waals surface area contributed by atoms with Crippen LogP contribution in [0.1, 0.15) is 55.6 Å². The number of aryl methyl sites for hydroxylation is 2. The number of rotatable bonds is 5. The van der Waals surface area contributed by atoms with Crippen molar-refractivity contribution < 1.29 is 42.6 Å². The Kier molecular flexibility index (Phi) is 13.1. The normalized spacial score (nSPS) is 9.94. The molecule has 2 aromatic carbocycles. The Hall–Kier alpha value is -2.17. The largest absolute Gasteiger partial charge is 0.665 e. The minimum atomic E-state index is -0.0650. The maximum atomic E-state index is 8.24. The maximum Gasteiger partial charge on any atom is 0.0645 e. The summed E-state index contributed by atoms with van der Waals surface area (Å²) in [7, 11) is 0. The van der Waals surface area contributed by atoms with Gasteiger partial charge in [0.1, 0.15) is 0 Å². The molecule has 4 nitrogen and oxygen atoms in total. The zero-order chi connectivity index (χ0) is 23.6. The van der Waals surface area contributed by atoms with Crippen molar-refractivity contribution in [2.45, 2.75) is 48.0 Å². The molecule has 0 aliphatic rings. The van der Waals surface area contributed by atoms with Gasteiger partial charge in [-0.05, 0) is 47.6 Å². The van der Waals surface area contributed by atoms with Gasteiger partial charge in [0.15, 0.2) is 0 Å². The molecule has 3 rings (SSSR count). The van der Waals surface area contributed by atoms with Crippen LogP contribution in [0, 0.1) is 26.2 Å². The Bertz CT molecular complexity index is 992. The number of aliphatic hydroxyl groups excluding tert-OH is 1. The van der Waals surface area contributed by atoms with Crippen LogP contribution in [-0.2, 0) is 43.9 Å². The SMILES string of the molecule is C=C(c1ccc([CH2-])c(C)c1)C(C)(C)Cc1cn(-c2ccccc2)nc1C.CC.O=[C-]O.[Y]. The zero-order valence-electron chi connectivity index (χ0n) is 20.1. The number of aromatic nitrogens is 2. The first-order chi connectivity index (χ1) is 14.7. The third kappa shape index (κ3) is 8.07. The van der Waals surface area contributed by atoms with Crippen molar-refractivity contribution in [3.05, 3.63) is 96.2 Å². The molecule has 1 heterocycles. The zero-order valence-corrected chi connectivity index (χ0v) is 23.0. The standard InChI is InChI=1S/C24H27N2.C2H6.CHO2.Y/c1-17-12-13-21(14-18(17)2)19(3)24(5,6)15-22-16-26(25-20(22)4)23-10-8-7-9-11-23;1-2;2-1-3;/h7-14,16H,1,3,15H2,2,4-6H3;1-2H3;(H,2,3);/q-1;;-1;. The molecule has 169 valence electrons. The van der Waals surface area contributed by atoms with Gasteiger partial charge in [0.2, 0.25) is 0 Å². The molecule has 0 aliphatic heterocycles. The summed E-state index contributed by atoms with van der Waals surface area (Å²) in [6, 6.07) is 16.6. The fraction of sp³-hybridized carbons (Fsp3) is 0.296. The van der Waals surface area contributed by atoms with Crippen LogP contribution in [0.15, 0.2) is 61.3 Å². The number of hydrogen-bond acceptors (Lipinski definition) is 2. The Balaban J connectivity index is 0.00000148. The van der Waals surface area contributed by atoms with Crippen LogP contribution >= 0.6 is 0 Å². The number of para-hydroxylation sites is 1. The summed E-state index contributed by atoms with van der Waals surface area (Å²) < 4.78 is 1.96. The van der Waals surface area contributed by atoms with E-state index in [1.54, 1.807) is 0 Å². The van der Waals surface area contributed by atoms with E-state index in [-0.39, 0.29) is 38.1 Å². The smallest absolute Gasteiger partial charge is 0.0645 e. The molecule has 3 aromatic rings. The molecule has 0 spiro atoms. The molecule has 0 unspecified atom stereocenters. The van der Waals surface area contributed by atoms with Crippen LogP contribution in [0.25, 0.3) is 11.3 Å². The molecular weight excluding hydrogens is 473 g/mol. The predicted octanol–water partition coefficient (Wildman–Crippen LogP) is 6.59. The summed E-state index contributed by atoms with van der Waals surface area (Å²) >= 11 is 0. The topological polar surface area (TPSA) is 55.1 Å². The summed E-state index contributed by atoms with van der Waals surface area (Å²) in [6.45, 7) is 21.6. The molecule has 0 atom stereocenters. The maximum absolute atomic E-state index is 8.24. The average Bonchev–Trinajstić information content (AvgIpc) is 3.12. The van der Waals surface area contributed by atoms with Crippen LogP contribution in [0.4, 0.5) is 0 Å². The van der Waals surface area contributed by atoms with E-state index in [4.69, 9.17) is 15.0 Å². The van der Waals surface area contributed by atoms with Gasteiger partial charge in [-0.2, -0.15) is 29.2 Å². The van der Waals surface area contributed by atoms with Gasteiger partial charge in [0.05, 0.1) is 11.4 Å². The summed E-state index contributed by atoms with van der Waals surface area (Å²) in [5, 5.41) is 11.5. The van der Waals surface area contributed by atoms with E-state index in [0.29, 0.717) is 6.47 Å². The summed E-state index contributed by atoms with van der Waals surface area (Å²) in [5.74, 6) is 0. The van der Waals surface area contributed by atoms with Crippen molar-refractivity contribution in [3.63, 3.8) is 0 Å². The van der Waals surface area contributed by atoms with E-state index in [9.17, 15) is 0 Å². The first-order valence-corrected chi connectivity index (χ1v) is 10.4. The molecular formula is C27H34N2O2Y-2. The van der Waals surface area contributed by atoms with E-state index < -0.39 is 0 Å². The molecule has 1 radical (unpaired) electrons. The van der Waals surface area contributed by atoms with E-state index in [0.717, 1.165) is 28.9 Å². The summed E-state index contributed by atoms with van der Waals surface area (Å²) in [6.07, 6.45) is 3.04. The van der Waals surface area contributed by atoms with Crippen molar-refractivity contribution in [1.82, 2.24) is 9.78 Å². The molecule has 0 saturated heterocycles. The number of allylic oxidation sites excluding steroid dienone is 1. The van der Waals surface area contributed by atoms with Gasteiger partial charge < -0.3 is 9.90 Å². The molecule has 0 aliphatic carbocycles. The molecule has 5 heteroatoms. The molecule has 32 heavy (non-hydrogen) atoms. The van der Waals surface area contributed by atoms with E-state index in [1.807, 2.05) is 36.7 Å². The minimum Gasteiger partial charge on any atom is -0.665 e. The van der Waals surface area contributed by atoms with E-state index in [1.165, 1.54) is 16.7 Å². The fourth-order valence-electron chi connectivity index (χ4n) is 3.24. The van der Waals surface area contributed by atoms with Gasteiger partial charge in [-0.1, -0.05) is 65.9 Å². The van der Waals surface area contributed by atoms with Crippen molar-refractivity contribution in [3.8, 4) is 5.69 Å². The molecule has 0 fully saturated rings. The third-order valence-electron chi connectivity index (χ3n) is 5.16. The number of nitrogens with zero attached hydrogens (tertiary/aromatic N) is 2. The van der Waals surface area contributed by atoms with Crippen LogP contribution in [0.3, 0.4) is 0 Å². The van der Waals surface area contributed by atoms with Crippen LogP contribution < -0.4 is 0 Å². The Morgan fingerprint density at radius 3 is 2.25 bits per heavy atom. The number of hydrogen-bond donors (Lipinski definition) is 1. The molecule has 0 amide bonds. The predicted molar refractivity (Wildman–Crippen MR) is 130 cm³/mol. The van der Waals surface area contributed by atoms with Gasteiger partial charge in [0, 0.05) is 38.9 Å². The van der Waals surface area contributed by atoms with Crippen molar-refractivity contribution in [1.29, 1.82) is 0 Å². The van der Waals surface area contributed by atoms with Gasteiger partial charge in [-0.15, -0.1) is 12.1 Å². The van der Waals surface area contributed by atoms with Gasteiger partial charge in [-0.3, -0.25) is 0 Å². The Morgan fingerprint density at radius 1 is 1.16 bits per heavy atom. The van der Waals surface area contributed by atoms with Crippen molar-refractivity contribution in [2.75, 3.05) is 0 Å². The fourth-order valence-corrected chi connectivity index (χ4v) is 3.24. The molecule has 0 saturated carbocycles. The van der Waals surface area contributed by atoms with Gasteiger partial charge in [0.25, 0.3) is 0 Å². The molecule has 1 aromatic heterocycles.